The number of phenolic OH excluding ortho intramolecular Hbond substituents is 1. The van der Waals surface area contributed by atoms with Crippen LogP contribution < -0.4 is 0 Å². The Labute approximate surface area is 190 Å². The summed E-state index contributed by atoms with van der Waals surface area (Å²) in [6.45, 7) is 9.69. The minimum atomic E-state index is 0.146. The quantitative estimate of drug-likeness (QED) is 0.363. The lowest BCUT2D eigenvalue weighted by atomic mass is 9.86. The molecule has 0 spiro atoms. The first kappa shape index (κ1) is 21.6. The third-order valence-corrected chi connectivity index (χ3v) is 5.73. The van der Waals surface area contributed by atoms with Gasteiger partial charge in [0.2, 0.25) is 0 Å². The Morgan fingerprint density at radius 3 is 1.91 bits per heavy atom. The molecule has 4 rings (SSSR count). The van der Waals surface area contributed by atoms with Crippen LogP contribution in [0, 0.1) is 0 Å². The maximum atomic E-state index is 9.47. The van der Waals surface area contributed by atoms with E-state index >= 15 is 0 Å². The summed E-state index contributed by atoms with van der Waals surface area (Å²) in [5.74, 6) is 1.23. The molecule has 4 aromatic rings. The number of aromatic nitrogens is 2. The van der Waals surface area contributed by atoms with Crippen molar-refractivity contribution >= 4 is 12.2 Å². The Bertz CT molecular complexity index is 1210. The van der Waals surface area contributed by atoms with Gasteiger partial charge in [0.05, 0.1) is 5.69 Å². The smallest absolute Gasteiger partial charge is 0.133 e. The summed E-state index contributed by atoms with van der Waals surface area (Å²) >= 11 is 0. The van der Waals surface area contributed by atoms with Crippen molar-refractivity contribution in [1.82, 2.24) is 9.55 Å². The first-order chi connectivity index (χ1) is 15.3. The van der Waals surface area contributed by atoms with Crippen molar-refractivity contribution in [2.24, 2.45) is 0 Å². The fourth-order valence-corrected chi connectivity index (χ4v) is 3.71. The molecule has 1 N–H and O–H groups in total. The van der Waals surface area contributed by atoms with Crippen LogP contribution in [0.3, 0.4) is 0 Å². The van der Waals surface area contributed by atoms with Crippen LogP contribution in [-0.4, -0.2) is 14.7 Å². The lowest BCUT2D eigenvalue weighted by Crippen LogP contribution is -2.10. The van der Waals surface area contributed by atoms with Crippen molar-refractivity contribution in [3.8, 4) is 28.1 Å². The van der Waals surface area contributed by atoms with Gasteiger partial charge in [0.1, 0.15) is 11.6 Å². The largest absolute Gasteiger partial charge is 0.508 e. The van der Waals surface area contributed by atoms with Crippen molar-refractivity contribution in [3.63, 3.8) is 0 Å². The van der Waals surface area contributed by atoms with Gasteiger partial charge in [-0.2, -0.15) is 0 Å². The molecule has 162 valence electrons. The number of nitrogens with zero attached hydrogens (tertiary/aromatic N) is 2. The van der Waals surface area contributed by atoms with Gasteiger partial charge in [-0.15, -0.1) is 0 Å². The second kappa shape index (κ2) is 8.88. The molecule has 3 nitrogen and oxygen atoms in total. The molecule has 0 saturated heterocycles. The third kappa shape index (κ3) is 4.83. The van der Waals surface area contributed by atoms with E-state index in [1.165, 1.54) is 5.56 Å². The molecule has 0 radical (unpaired) electrons. The molecule has 0 saturated carbocycles. The lowest BCUT2D eigenvalue weighted by Gasteiger charge is -2.18. The summed E-state index contributed by atoms with van der Waals surface area (Å²) in [7, 11) is 0. The molecule has 0 aliphatic carbocycles. The Hall–Kier alpha value is -3.59. The van der Waals surface area contributed by atoms with E-state index in [2.05, 4.69) is 99.1 Å². The molecule has 0 aliphatic heterocycles. The van der Waals surface area contributed by atoms with Crippen molar-refractivity contribution in [3.05, 3.63) is 95.9 Å². The van der Waals surface area contributed by atoms with E-state index in [-0.39, 0.29) is 11.2 Å². The number of aromatic hydroxyl groups is 1. The molecule has 3 aromatic carbocycles. The van der Waals surface area contributed by atoms with E-state index in [1.807, 2.05) is 12.1 Å². The van der Waals surface area contributed by atoms with Gasteiger partial charge in [0, 0.05) is 18.3 Å². The average Bonchev–Trinajstić information content (AvgIpc) is 3.21. The molecule has 0 fully saturated rings. The molecule has 32 heavy (non-hydrogen) atoms. The van der Waals surface area contributed by atoms with Gasteiger partial charge in [-0.05, 0) is 52.8 Å². The fraction of sp³-hybridized carbons (Fsp3) is 0.207. The van der Waals surface area contributed by atoms with Crippen LogP contribution in [0.25, 0.3) is 34.5 Å². The molecule has 0 bridgehead atoms. The first-order valence-electron chi connectivity index (χ1n) is 11.1. The van der Waals surface area contributed by atoms with Crippen LogP contribution in [0.4, 0.5) is 0 Å². The topological polar surface area (TPSA) is 38.0 Å². The van der Waals surface area contributed by atoms with E-state index in [1.54, 1.807) is 12.1 Å². The minimum Gasteiger partial charge on any atom is -0.508 e. The highest BCUT2D eigenvalue weighted by Gasteiger charge is 2.14. The minimum absolute atomic E-state index is 0.146. The molecule has 0 atom stereocenters. The number of rotatable bonds is 5. The molecular formula is C29H30N2O. The highest BCUT2D eigenvalue weighted by Crippen LogP contribution is 2.27. The van der Waals surface area contributed by atoms with E-state index in [4.69, 9.17) is 4.98 Å². The van der Waals surface area contributed by atoms with Gasteiger partial charge in [-0.25, -0.2) is 4.98 Å². The van der Waals surface area contributed by atoms with Crippen molar-refractivity contribution in [1.29, 1.82) is 0 Å². The van der Waals surface area contributed by atoms with Crippen LogP contribution in [0.15, 0.2) is 79.0 Å². The van der Waals surface area contributed by atoms with Crippen molar-refractivity contribution < 1.29 is 5.11 Å². The monoisotopic (exact) mass is 422 g/mol. The third-order valence-electron chi connectivity index (χ3n) is 5.73. The summed E-state index contributed by atoms with van der Waals surface area (Å²) < 4.78 is 2.17. The van der Waals surface area contributed by atoms with Crippen LogP contribution in [0.5, 0.6) is 5.75 Å². The Morgan fingerprint density at radius 2 is 1.34 bits per heavy atom. The molecular weight excluding hydrogens is 392 g/mol. The van der Waals surface area contributed by atoms with Gasteiger partial charge in [0.15, 0.2) is 0 Å². The molecule has 3 heteroatoms. The van der Waals surface area contributed by atoms with E-state index in [0.717, 1.165) is 40.3 Å². The van der Waals surface area contributed by atoms with Gasteiger partial charge < -0.3 is 9.67 Å². The Kier molecular flexibility index (Phi) is 6.00. The van der Waals surface area contributed by atoms with E-state index in [9.17, 15) is 5.11 Å². The zero-order chi connectivity index (χ0) is 22.7. The number of hydrogen-bond donors (Lipinski definition) is 1. The molecule has 0 amide bonds. The molecule has 0 unspecified atom stereocenters. The van der Waals surface area contributed by atoms with Gasteiger partial charge in [-0.3, -0.25) is 0 Å². The van der Waals surface area contributed by atoms with Gasteiger partial charge >= 0.3 is 0 Å². The molecule has 0 aliphatic rings. The zero-order valence-electron chi connectivity index (χ0n) is 19.2. The summed E-state index contributed by atoms with van der Waals surface area (Å²) in [5, 5.41) is 9.47. The van der Waals surface area contributed by atoms with Gasteiger partial charge in [-0.1, -0.05) is 87.5 Å². The second-order valence-electron chi connectivity index (χ2n) is 9.10. The van der Waals surface area contributed by atoms with Crippen LogP contribution in [0.2, 0.25) is 0 Å². The van der Waals surface area contributed by atoms with Crippen LogP contribution in [0.1, 0.15) is 44.6 Å². The SMILES string of the molecule is CCn1cc(-c2ccc(C(C)(C)C)cc2)nc1C=Cc1ccc(-c2ccc(O)cc2)cc1. The fourth-order valence-electron chi connectivity index (χ4n) is 3.71. The number of imidazole rings is 1. The standard InChI is InChI=1S/C29H30N2O/c1-5-31-20-27(24-11-15-25(16-12-24)29(2,3)4)30-28(31)19-8-21-6-9-22(10-7-21)23-13-17-26(32)18-14-23/h6-20,32H,5H2,1-4H3. The number of phenols is 1. The summed E-state index contributed by atoms with van der Waals surface area (Å²) in [4.78, 5) is 4.88. The van der Waals surface area contributed by atoms with Crippen LogP contribution in [-0.2, 0) is 12.0 Å². The Balaban J connectivity index is 1.54. The first-order valence-corrected chi connectivity index (χ1v) is 11.1. The van der Waals surface area contributed by atoms with E-state index in [0.29, 0.717) is 0 Å². The maximum absolute atomic E-state index is 9.47. The van der Waals surface area contributed by atoms with Crippen molar-refractivity contribution in [2.45, 2.75) is 39.7 Å². The van der Waals surface area contributed by atoms with Crippen molar-refractivity contribution in [2.75, 3.05) is 0 Å². The summed E-state index contributed by atoms with van der Waals surface area (Å²) in [5.41, 5.74) is 6.93. The average molecular weight is 423 g/mol. The number of aryl methyl sites for hydroxylation is 1. The predicted molar refractivity (Wildman–Crippen MR) is 135 cm³/mol. The van der Waals surface area contributed by atoms with Gasteiger partial charge in [0.25, 0.3) is 0 Å². The highest BCUT2D eigenvalue weighted by atomic mass is 16.3. The predicted octanol–water partition coefficient (Wildman–Crippen LogP) is 7.41. The maximum Gasteiger partial charge on any atom is 0.133 e. The normalized spacial score (nSPS) is 11.9. The summed E-state index contributed by atoms with van der Waals surface area (Å²) in [6, 6.07) is 24.4. The second-order valence-corrected chi connectivity index (χ2v) is 9.10. The number of benzene rings is 3. The highest BCUT2D eigenvalue weighted by molar-refractivity contribution is 5.72. The summed E-state index contributed by atoms with van der Waals surface area (Å²) in [6.07, 6.45) is 6.30. The Morgan fingerprint density at radius 1 is 0.781 bits per heavy atom. The van der Waals surface area contributed by atoms with E-state index < -0.39 is 0 Å². The lowest BCUT2D eigenvalue weighted by molar-refractivity contribution is 0.475. The van der Waals surface area contributed by atoms with Crippen LogP contribution >= 0.6 is 0 Å². The number of hydrogen-bond acceptors (Lipinski definition) is 2. The zero-order valence-corrected chi connectivity index (χ0v) is 19.2. The molecule has 1 heterocycles. The molecule has 1 aromatic heterocycles.